The van der Waals surface area contributed by atoms with Gasteiger partial charge in [0.25, 0.3) is 0 Å². The highest BCUT2D eigenvalue weighted by molar-refractivity contribution is 7.15. The fraction of sp³-hybridized carbons (Fsp3) is 0.250. The Labute approximate surface area is 174 Å². The normalized spacial score (nSPS) is 15.1. The van der Waals surface area contributed by atoms with Crippen LogP contribution >= 0.6 is 11.3 Å². The second kappa shape index (κ2) is 7.84. The van der Waals surface area contributed by atoms with Gasteiger partial charge in [0.2, 0.25) is 5.91 Å². The molecule has 2 aromatic carbocycles. The summed E-state index contributed by atoms with van der Waals surface area (Å²) >= 11 is 1.60. The van der Waals surface area contributed by atoms with E-state index in [0.29, 0.717) is 12.3 Å². The summed E-state index contributed by atoms with van der Waals surface area (Å²) in [6.07, 6.45) is 4.56. The molecule has 4 aromatic rings. The first-order chi connectivity index (χ1) is 14.3. The molecule has 0 N–H and O–H groups in total. The van der Waals surface area contributed by atoms with Crippen molar-refractivity contribution in [1.29, 1.82) is 0 Å². The maximum Gasteiger partial charge on any atom is 0.228 e. The van der Waals surface area contributed by atoms with E-state index in [4.69, 9.17) is 4.98 Å². The van der Waals surface area contributed by atoms with Crippen LogP contribution < -0.4 is 0 Å². The highest BCUT2D eigenvalue weighted by Crippen LogP contribution is 2.29. The van der Waals surface area contributed by atoms with Gasteiger partial charge in [-0.05, 0) is 24.3 Å². The number of piperidine rings is 1. The molecule has 1 amide bonds. The van der Waals surface area contributed by atoms with Crippen molar-refractivity contribution in [3.63, 3.8) is 0 Å². The lowest BCUT2D eigenvalue weighted by atomic mass is 9.89. The predicted octanol–water partition coefficient (Wildman–Crippen LogP) is 5.01. The zero-order valence-electron chi connectivity index (χ0n) is 16.2. The number of carbonyl (C=O) groups excluding carboxylic acids is 1. The Morgan fingerprint density at radius 1 is 1.00 bits per heavy atom. The van der Waals surface area contributed by atoms with Gasteiger partial charge >= 0.3 is 0 Å². The Hall–Kier alpha value is -2.92. The van der Waals surface area contributed by atoms with E-state index in [1.807, 2.05) is 29.3 Å². The second-order valence-corrected chi connectivity index (χ2v) is 8.45. The first kappa shape index (κ1) is 18.1. The minimum absolute atomic E-state index is 0.214. The summed E-state index contributed by atoms with van der Waals surface area (Å²) in [5.41, 5.74) is 4.47. The van der Waals surface area contributed by atoms with Gasteiger partial charge in [0.1, 0.15) is 0 Å². The molecule has 29 heavy (non-hydrogen) atoms. The number of benzene rings is 2. The third-order valence-corrected chi connectivity index (χ3v) is 6.69. The summed E-state index contributed by atoms with van der Waals surface area (Å²) in [5.74, 6) is 0.779. The van der Waals surface area contributed by atoms with E-state index in [9.17, 15) is 4.79 Å². The van der Waals surface area contributed by atoms with Crippen molar-refractivity contribution in [2.45, 2.75) is 25.2 Å². The highest BCUT2D eigenvalue weighted by Gasteiger charge is 2.24. The quantitative estimate of drug-likeness (QED) is 0.482. The smallest absolute Gasteiger partial charge is 0.228 e. The number of rotatable bonds is 4. The Morgan fingerprint density at radius 2 is 1.69 bits per heavy atom. The van der Waals surface area contributed by atoms with Crippen LogP contribution in [0.15, 0.2) is 72.2 Å². The molecule has 0 aliphatic carbocycles. The Bertz CT molecular complexity index is 1110. The summed E-state index contributed by atoms with van der Waals surface area (Å²) in [6.45, 7) is 1.68. The molecule has 3 heterocycles. The Kier molecular flexibility index (Phi) is 4.90. The van der Waals surface area contributed by atoms with Crippen LogP contribution in [-0.4, -0.2) is 33.3 Å². The number of thiazole rings is 1. The number of carbonyl (C=O) groups is 1. The zero-order valence-corrected chi connectivity index (χ0v) is 17.0. The number of amides is 1. The highest BCUT2D eigenvalue weighted by atomic mass is 32.1. The molecule has 0 spiro atoms. The molecule has 0 bridgehead atoms. The lowest BCUT2D eigenvalue weighted by molar-refractivity contribution is -0.131. The van der Waals surface area contributed by atoms with Crippen molar-refractivity contribution < 1.29 is 4.79 Å². The number of nitrogens with zero attached hydrogens (tertiary/aromatic N) is 3. The van der Waals surface area contributed by atoms with E-state index in [1.165, 1.54) is 5.56 Å². The van der Waals surface area contributed by atoms with Gasteiger partial charge in [-0.25, -0.2) is 4.98 Å². The molecule has 1 aliphatic rings. The molecular weight excluding hydrogens is 378 g/mol. The van der Waals surface area contributed by atoms with Gasteiger partial charge in [0, 0.05) is 35.9 Å². The molecule has 0 unspecified atom stereocenters. The molecule has 1 aliphatic heterocycles. The van der Waals surface area contributed by atoms with E-state index < -0.39 is 0 Å². The fourth-order valence-electron chi connectivity index (χ4n) is 4.16. The molecule has 146 valence electrons. The molecule has 0 radical (unpaired) electrons. The first-order valence-corrected chi connectivity index (χ1v) is 11.0. The van der Waals surface area contributed by atoms with Crippen molar-refractivity contribution >= 4 is 22.2 Å². The summed E-state index contributed by atoms with van der Waals surface area (Å²) in [7, 11) is 0. The van der Waals surface area contributed by atoms with E-state index in [1.54, 1.807) is 11.3 Å². The maximum absolute atomic E-state index is 12.9. The number of hydrogen-bond acceptors (Lipinski definition) is 3. The van der Waals surface area contributed by atoms with Gasteiger partial charge < -0.3 is 4.90 Å². The number of fused-ring (bicyclic) bond motifs is 1. The lowest BCUT2D eigenvalue weighted by Gasteiger charge is -2.32. The molecule has 5 rings (SSSR count). The van der Waals surface area contributed by atoms with Crippen LogP contribution in [0.1, 0.15) is 30.0 Å². The lowest BCUT2D eigenvalue weighted by Crippen LogP contribution is -2.38. The minimum atomic E-state index is 0.214. The topological polar surface area (TPSA) is 37.6 Å². The summed E-state index contributed by atoms with van der Waals surface area (Å²) in [4.78, 5) is 20.6. The van der Waals surface area contributed by atoms with E-state index in [0.717, 1.165) is 47.8 Å². The number of hydrogen-bond donors (Lipinski definition) is 0. The molecular formula is C24H23N3OS. The van der Waals surface area contributed by atoms with E-state index in [2.05, 4.69) is 52.2 Å². The molecule has 0 atom stereocenters. The molecule has 1 saturated heterocycles. The number of aromatic nitrogens is 2. The third kappa shape index (κ3) is 3.70. The maximum atomic E-state index is 12.9. The predicted molar refractivity (Wildman–Crippen MR) is 117 cm³/mol. The van der Waals surface area contributed by atoms with Crippen molar-refractivity contribution in [1.82, 2.24) is 14.3 Å². The van der Waals surface area contributed by atoms with Crippen molar-refractivity contribution in [2.24, 2.45) is 0 Å². The van der Waals surface area contributed by atoms with Crippen LogP contribution in [0.3, 0.4) is 0 Å². The van der Waals surface area contributed by atoms with Gasteiger partial charge in [-0.15, -0.1) is 11.3 Å². The number of likely N-dealkylation sites (tertiary alicyclic amines) is 1. The minimum Gasteiger partial charge on any atom is -0.342 e. The molecule has 4 nitrogen and oxygen atoms in total. The Balaban J connectivity index is 1.26. The van der Waals surface area contributed by atoms with Crippen LogP contribution in [0, 0.1) is 0 Å². The van der Waals surface area contributed by atoms with Crippen molar-refractivity contribution in [3.8, 4) is 11.3 Å². The summed E-state index contributed by atoms with van der Waals surface area (Å²) in [6, 6.07) is 20.8. The standard InChI is InChI=1S/C24H23N3OS/c28-23(26-13-11-19(12-14-26)18-7-3-1-4-8-18)15-21-17-29-24-25-22(16-27(21)24)20-9-5-2-6-10-20/h1-10,16-17,19H,11-15H2. The van der Waals surface area contributed by atoms with Crippen LogP contribution in [0.2, 0.25) is 0 Å². The summed E-state index contributed by atoms with van der Waals surface area (Å²) < 4.78 is 2.07. The SMILES string of the molecule is O=C(Cc1csc2nc(-c3ccccc3)cn12)N1CCC(c2ccccc2)CC1. The van der Waals surface area contributed by atoms with E-state index >= 15 is 0 Å². The van der Waals surface area contributed by atoms with Crippen molar-refractivity contribution in [3.05, 3.63) is 83.5 Å². The molecule has 0 saturated carbocycles. The van der Waals surface area contributed by atoms with E-state index in [-0.39, 0.29) is 5.91 Å². The monoisotopic (exact) mass is 401 g/mol. The zero-order chi connectivity index (χ0) is 19.6. The third-order valence-electron chi connectivity index (χ3n) is 5.80. The van der Waals surface area contributed by atoms with Crippen LogP contribution in [-0.2, 0) is 11.2 Å². The van der Waals surface area contributed by atoms with Gasteiger partial charge in [0.05, 0.1) is 12.1 Å². The van der Waals surface area contributed by atoms with Crippen LogP contribution in [0.4, 0.5) is 0 Å². The molecule has 1 fully saturated rings. The van der Waals surface area contributed by atoms with Gasteiger partial charge in [-0.3, -0.25) is 9.20 Å². The molecule has 2 aromatic heterocycles. The summed E-state index contributed by atoms with van der Waals surface area (Å²) in [5, 5.41) is 2.06. The van der Waals surface area contributed by atoms with Crippen LogP contribution in [0.5, 0.6) is 0 Å². The Morgan fingerprint density at radius 3 is 2.41 bits per heavy atom. The van der Waals surface area contributed by atoms with Gasteiger partial charge in [0.15, 0.2) is 4.96 Å². The van der Waals surface area contributed by atoms with Gasteiger partial charge in [-0.1, -0.05) is 60.7 Å². The largest absolute Gasteiger partial charge is 0.342 e. The van der Waals surface area contributed by atoms with Crippen molar-refractivity contribution in [2.75, 3.05) is 13.1 Å². The second-order valence-electron chi connectivity index (χ2n) is 7.61. The number of imidazole rings is 1. The van der Waals surface area contributed by atoms with Gasteiger partial charge in [-0.2, -0.15) is 0 Å². The average molecular weight is 402 g/mol. The average Bonchev–Trinajstić information content (AvgIpc) is 3.37. The molecule has 5 heteroatoms. The first-order valence-electron chi connectivity index (χ1n) is 10.1. The fourth-order valence-corrected chi connectivity index (χ4v) is 5.03. The van der Waals surface area contributed by atoms with Crippen LogP contribution in [0.25, 0.3) is 16.2 Å².